The molecular weight excluding hydrogens is 336 g/mol. The average molecular weight is 364 g/mol. The summed E-state index contributed by atoms with van der Waals surface area (Å²) in [6.07, 6.45) is 5.93. The second-order valence-electron chi connectivity index (χ2n) is 7.51. The number of nitrogens with one attached hydrogen (secondary N) is 1. The third-order valence-corrected chi connectivity index (χ3v) is 5.76. The topological polar surface area (TPSA) is 48.5 Å². The van der Waals surface area contributed by atoms with Crippen molar-refractivity contribution in [3.63, 3.8) is 0 Å². The molecule has 0 atom stereocenters. The second kappa shape index (κ2) is 8.53. The Balaban J connectivity index is 1.16. The third kappa shape index (κ3) is 4.48. The van der Waals surface area contributed by atoms with Crippen LogP contribution in [-0.4, -0.2) is 59.6 Å². The molecule has 27 heavy (non-hydrogen) atoms. The van der Waals surface area contributed by atoms with Gasteiger partial charge in [0.05, 0.1) is 0 Å². The molecule has 5 nitrogen and oxygen atoms in total. The van der Waals surface area contributed by atoms with Crippen molar-refractivity contribution >= 4 is 6.03 Å². The lowest BCUT2D eigenvalue weighted by molar-refractivity contribution is 0.111. The molecule has 1 aliphatic heterocycles. The van der Waals surface area contributed by atoms with Gasteiger partial charge in [-0.25, -0.2) is 4.79 Å². The maximum Gasteiger partial charge on any atom is 0.317 e. The number of fused-ring (bicyclic) bond motifs is 1. The van der Waals surface area contributed by atoms with Gasteiger partial charge in [0, 0.05) is 50.7 Å². The van der Waals surface area contributed by atoms with E-state index in [0.717, 1.165) is 57.6 Å². The van der Waals surface area contributed by atoms with E-state index in [0.29, 0.717) is 12.6 Å². The number of urea groups is 1. The van der Waals surface area contributed by atoms with Crippen LogP contribution in [0.3, 0.4) is 0 Å². The third-order valence-electron chi connectivity index (χ3n) is 5.76. The van der Waals surface area contributed by atoms with Gasteiger partial charge in [-0.1, -0.05) is 30.3 Å². The SMILES string of the molecule is O=C(NCCCc1ccccn1)N1CCN(C2Cc3ccccc3C2)CC1. The molecule has 0 spiro atoms. The number of piperazine rings is 1. The Kier molecular flexibility index (Phi) is 5.68. The minimum absolute atomic E-state index is 0.0744. The lowest BCUT2D eigenvalue weighted by Crippen LogP contribution is -2.54. The summed E-state index contributed by atoms with van der Waals surface area (Å²) in [5.74, 6) is 0. The van der Waals surface area contributed by atoms with Crippen LogP contribution in [0.25, 0.3) is 0 Å². The van der Waals surface area contributed by atoms with Gasteiger partial charge in [0.2, 0.25) is 0 Å². The summed E-state index contributed by atoms with van der Waals surface area (Å²) >= 11 is 0. The first kappa shape index (κ1) is 18.0. The molecule has 0 saturated carbocycles. The van der Waals surface area contributed by atoms with E-state index in [-0.39, 0.29) is 6.03 Å². The van der Waals surface area contributed by atoms with Crippen molar-refractivity contribution in [3.8, 4) is 0 Å². The van der Waals surface area contributed by atoms with Crippen molar-refractivity contribution in [3.05, 3.63) is 65.5 Å². The summed E-state index contributed by atoms with van der Waals surface area (Å²) in [6, 6.07) is 15.4. The van der Waals surface area contributed by atoms with E-state index in [1.54, 1.807) is 0 Å². The molecule has 0 unspecified atom stereocenters. The molecular formula is C22H28N4O. The lowest BCUT2D eigenvalue weighted by Gasteiger charge is -2.38. The van der Waals surface area contributed by atoms with E-state index in [1.165, 1.54) is 11.1 Å². The number of carbonyl (C=O) groups excluding carboxylic acids is 1. The number of benzene rings is 1. The first-order valence-corrected chi connectivity index (χ1v) is 10.0. The summed E-state index contributed by atoms with van der Waals surface area (Å²) in [6.45, 7) is 4.28. The number of aromatic nitrogens is 1. The van der Waals surface area contributed by atoms with E-state index >= 15 is 0 Å². The minimum atomic E-state index is 0.0744. The van der Waals surface area contributed by atoms with Crippen molar-refractivity contribution in [2.24, 2.45) is 0 Å². The monoisotopic (exact) mass is 364 g/mol. The maximum absolute atomic E-state index is 12.4. The molecule has 0 radical (unpaired) electrons. The fourth-order valence-electron chi connectivity index (χ4n) is 4.21. The highest BCUT2D eigenvalue weighted by Crippen LogP contribution is 2.26. The Hall–Kier alpha value is -2.40. The highest BCUT2D eigenvalue weighted by molar-refractivity contribution is 5.74. The second-order valence-corrected chi connectivity index (χ2v) is 7.51. The zero-order chi connectivity index (χ0) is 18.5. The van der Waals surface area contributed by atoms with Crippen molar-refractivity contribution < 1.29 is 4.79 Å². The van der Waals surface area contributed by atoms with Gasteiger partial charge >= 0.3 is 6.03 Å². The summed E-state index contributed by atoms with van der Waals surface area (Å²) in [7, 11) is 0. The maximum atomic E-state index is 12.4. The molecule has 2 aromatic rings. The highest BCUT2D eigenvalue weighted by Gasteiger charge is 2.30. The van der Waals surface area contributed by atoms with Crippen LogP contribution in [0.5, 0.6) is 0 Å². The molecule has 5 heteroatoms. The standard InChI is InChI=1S/C22H28N4O/c27-22(24-11-5-9-20-8-3-4-10-23-20)26-14-12-25(13-15-26)21-16-18-6-1-2-7-19(18)17-21/h1-4,6-8,10,21H,5,9,11-17H2,(H,24,27). The molecule has 1 saturated heterocycles. The summed E-state index contributed by atoms with van der Waals surface area (Å²) in [5, 5.41) is 3.06. The van der Waals surface area contributed by atoms with Crippen LogP contribution in [-0.2, 0) is 19.3 Å². The predicted octanol–water partition coefficient (Wildman–Crippen LogP) is 2.51. The Morgan fingerprint density at radius 2 is 1.70 bits per heavy atom. The minimum Gasteiger partial charge on any atom is -0.338 e. The van der Waals surface area contributed by atoms with Crippen LogP contribution >= 0.6 is 0 Å². The Morgan fingerprint density at radius 3 is 2.37 bits per heavy atom. The normalized spacial score (nSPS) is 17.7. The van der Waals surface area contributed by atoms with E-state index in [2.05, 4.69) is 39.5 Å². The number of aryl methyl sites for hydroxylation is 1. The summed E-state index contributed by atoms with van der Waals surface area (Å²) < 4.78 is 0. The molecule has 142 valence electrons. The molecule has 0 bridgehead atoms. The van der Waals surface area contributed by atoms with Crippen LogP contribution in [0, 0.1) is 0 Å². The van der Waals surface area contributed by atoms with Crippen LogP contribution in [0.15, 0.2) is 48.7 Å². The van der Waals surface area contributed by atoms with E-state index in [9.17, 15) is 4.79 Å². The predicted molar refractivity (Wildman–Crippen MR) is 107 cm³/mol. The number of amides is 2. The number of carbonyl (C=O) groups is 1. The molecule has 2 aliphatic rings. The largest absolute Gasteiger partial charge is 0.338 e. The summed E-state index contributed by atoms with van der Waals surface area (Å²) in [5.41, 5.74) is 4.07. The molecule has 2 amide bonds. The van der Waals surface area contributed by atoms with Crippen LogP contribution in [0.4, 0.5) is 4.79 Å². The van der Waals surface area contributed by atoms with Gasteiger partial charge in [-0.05, 0) is 48.9 Å². The Bertz CT molecular complexity index is 731. The molecule has 1 aliphatic carbocycles. The molecule has 1 aromatic heterocycles. The van der Waals surface area contributed by atoms with Crippen molar-refractivity contribution in [1.29, 1.82) is 0 Å². The Morgan fingerprint density at radius 1 is 1.00 bits per heavy atom. The average Bonchev–Trinajstić information content (AvgIpc) is 3.16. The molecule has 4 rings (SSSR count). The van der Waals surface area contributed by atoms with E-state index < -0.39 is 0 Å². The smallest absolute Gasteiger partial charge is 0.317 e. The van der Waals surface area contributed by atoms with Gasteiger partial charge < -0.3 is 10.2 Å². The van der Waals surface area contributed by atoms with Crippen molar-refractivity contribution in [2.45, 2.75) is 31.7 Å². The van der Waals surface area contributed by atoms with Gasteiger partial charge in [0.1, 0.15) is 0 Å². The van der Waals surface area contributed by atoms with Gasteiger partial charge in [-0.2, -0.15) is 0 Å². The number of hydrogen-bond donors (Lipinski definition) is 1. The Labute approximate surface area is 161 Å². The lowest BCUT2D eigenvalue weighted by atomic mass is 10.1. The molecule has 1 fully saturated rings. The first-order valence-electron chi connectivity index (χ1n) is 10.0. The first-order chi connectivity index (χ1) is 13.3. The molecule has 1 aromatic carbocycles. The number of hydrogen-bond acceptors (Lipinski definition) is 3. The fourth-order valence-corrected chi connectivity index (χ4v) is 4.21. The van der Waals surface area contributed by atoms with Gasteiger partial charge in [-0.3, -0.25) is 9.88 Å². The number of rotatable bonds is 5. The van der Waals surface area contributed by atoms with Crippen molar-refractivity contribution in [2.75, 3.05) is 32.7 Å². The molecule has 2 heterocycles. The quantitative estimate of drug-likeness (QED) is 0.830. The van der Waals surface area contributed by atoms with Gasteiger partial charge in [0.15, 0.2) is 0 Å². The van der Waals surface area contributed by atoms with Crippen molar-refractivity contribution in [1.82, 2.24) is 20.1 Å². The van der Waals surface area contributed by atoms with Gasteiger partial charge in [-0.15, -0.1) is 0 Å². The van der Waals surface area contributed by atoms with Gasteiger partial charge in [0.25, 0.3) is 0 Å². The summed E-state index contributed by atoms with van der Waals surface area (Å²) in [4.78, 5) is 21.2. The van der Waals surface area contributed by atoms with Crippen LogP contribution in [0.2, 0.25) is 0 Å². The number of pyridine rings is 1. The zero-order valence-electron chi connectivity index (χ0n) is 15.8. The zero-order valence-corrected chi connectivity index (χ0v) is 15.8. The van der Waals surface area contributed by atoms with Crippen LogP contribution in [0.1, 0.15) is 23.2 Å². The molecule has 1 N–H and O–H groups in total. The van der Waals surface area contributed by atoms with Crippen LogP contribution < -0.4 is 5.32 Å². The highest BCUT2D eigenvalue weighted by atomic mass is 16.2. The van der Waals surface area contributed by atoms with E-state index in [1.807, 2.05) is 29.3 Å². The fraction of sp³-hybridized carbons (Fsp3) is 0.455. The number of nitrogens with zero attached hydrogens (tertiary/aromatic N) is 3. The van der Waals surface area contributed by atoms with E-state index in [4.69, 9.17) is 0 Å².